The molecule has 2 nitrogen and oxygen atoms in total. The molecule has 2 heteroatoms. The maximum atomic E-state index is 4.88. The summed E-state index contributed by atoms with van der Waals surface area (Å²) in [7, 11) is 0. The quantitative estimate of drug-likeness (QED) is 0.437. The van der Waals surface area contributed by atoms with Gasteiger partial charge in [0, 0.05) is 0 Å². The molecule has 60 valence electrons. The number of hydrogen-bond donors (Lipinski definition) is 0. The van der Waals surface area contributed by atoms with Gasteiger partial charge in [-0.1, -0.05) is 19.0 Å². The number of oxime groups is 1. The van der Waals surface area contributed by atoms with Crippen molar-refractivity contribution in [3.63, 3.8) is 0 Å². The third kappa shape index (κ3) is 5.60. The third-order valence-electron chi connectivity index (χ3n) is 1.05. The van der Waals surface area contributed by atoms with Crippen molar-refractivity contribution in [2.24, 2.45) is 11.1 Å². The minimum atomic E-state index is 0.662. The lowest BCUT2D eigenvalue weighted by molar-refractivity contribution is 0.157. The van der Waals surface area contributed by atoms with E-state index in [1.807, 2.05) is 13.8 Å². The number of hydrogen-bond acceptors (Lipinski definition) is 2. The summed E-state index contributed by atoms with van der Waals surface area (Å²) in [6.45, 7) is 8.94. The molecule has 0 aliphatic heterocycles. The Kier molecular flexibility index (Phi) is 4.99. The van der Waals surface area contributed by atoms with Gasteiger partial charge in [0.25, 0.3) is 0 Å². The van der Waals surface area contributed by atoms with Crippen LogP contribution in [0.4, 0.5) is 0 Å². The van der Waals surface area contributed by atoms with Crippen LogP contribution in [0.3, 0.4) is 0 Å². The SMILES string of the molecule is CCO/N=C(\C)CC(C)C. The van der Waals surface area contributed by atoms with Crippen LogP contribution in [-0.2, 0) is 4.84 Å². The van der Waals surface area contributed by atoms with E-state index in [2.05, 4.69) is 19.0 Å². The Morgan fingerprint density at radius 2 is 2.10 bits per heavy atom. The molecule has 0 aliphatic rings. The Bertz CT molecular complexity index is 108. The largest absolute Gasteiger partial charge is 0.396 e. The fraction of sp³-hybridized carbons (Fsp3) is 0.875. The van der Waals surface area contributed by atoms with E-state index in [0.717, 1.165) is 12.1 Å². The molecule has 0 bridgehead atoms. The van der Waals surface area contributed by atoms with E-state index in [1.54, 1.807) is 0 Å². The first-order chi connectivity index (χ1) is 4.66. The van der Waals surface area contributed by atoms with Crippen LogP contribution in [0.5, 0.6) is 0 Å². The zero-order valence-electron chi connectivity index (χ0n) is 7.35. The van der Waals surface area contributed by atoms with Crippen LogP contribution >= 0.6 is 0 Å². The highest BCUT2D eigenvalue weighted by Gasteiger charge is 1.96. The van der Waals surface area contributed by atoms with E-state index in [9.17, 15) is 0 Å². The topological polar surface area (TPSA) is 21.6 Å². The van der Waals surface area contributed by atoms with Crippen LogP contribution in [0.2, 0.25) is 0 Å². The molecule has 0 amide bonds. The lowest BCUT2D eigenvalue weighted by Crippen LogP contribution is -1.98. The lowest BCUT2D eigenvalue weighted by atomic mass is 10.1. The summed E-state index contributed by atoms with van der Waals surface area (Å²) in [5.74, 6) is 0.671. The van der Waals surface area contributed by atoms with Crippen LogP contribution in [0, 0.1) is 5.92 Å². The molecule has 0 aromatic heterocycles. The molecule has 0 radical (unpaired) electrons. The summed E-state index contributed by atoms with van der Waals surface area (Å²) in [6, 6.07) is 0. The van der Waals surface area contributed by atoms with Gasteiger partial charge in [-0.15, -0.1) is 0 Å². The smallest absolute Gasteiger partial charge is 0.114 e. The van der Waals surface area contributed by atoms with Crippen LogP contribution in [0.15, 0.2) is 5.16 Å². The second-order valence-corrected chi connectivity index (χ2v) is 2.84. The molecular weight excluding hydrogens is 126 g/mol. The highest BCUT2D eigenvalue weighted by atomic mass is 16.6. The monoisotopic (exact) mass is 143 g/mol. The third-order valence-corrected chi connectivity index (χ3v) is 1.05. The van der Waals surface area contributed by atoms with E-state index < -0.39 is 0 Å². The van der Waals surface area contributed by atoms with Crippen molar-refractivity contribution >= 4 is 5.71 Å². The average molecular weight is 143 g/mol. The number of nitrogens with zero attached hydrogens (tertiary/aromatic N) is 1. The normalized spacial score (nSPS) is 12.3. The summed E-state index contributed by atoms with van der Waals surface area (Å²) >= 11 is 0. The van der Waals surface area contributed by atoms with Crippen molar-refractivity contribution in [3.8, 4) is 0 Å². The van der Waals surface area contributed by atoms with Gasteiger partial charge in [0.1, 0.15) is 6.61 Å². The van der Waals surface area contributed by atoms with Gasteiger partial charge >= 0.3 is 0 Å². The number of rotatable bonds is 4. The molecule has 0 aromatic rings. The van der Waals surface area contributed by atoms with Gasteiger partial charge in [-0.05, 0) is 26.2 Å². The van der Waals surface area contributed by atoms with E-state index in [1.165, 1.54) is 0 Å². The van der Waals surface area contributed by atoms with E-state index in [4.69, 9.17) is 4.84 Å². The molecule has 0 spiro atoms. The zero-order valence-corrected chi connectivity index (χ0v) is 7.35. The first-order valence-corrected chi connectivity index (χ1v) is 3.82. The van der Waals surface area contributed by atoms with E-state index in [-0.39, 0.29) is 0 Å². The highest BCUT2D eigenvalue weighted by molar-refractivity contribution is 5.81. The first kappa shape index (κ1) is 9.47. The maximum absolute atomic E-state index is 4.88. The van der Waals surface area contributed by atoms with E-state index in [0.29, 0.717) is 12.5 Å². The van der Waals surface area contributed by atoms with Crippen molar-refractivity contribution in [2.45, 2.75) is 34.1 Å². The first-order valence-electron chi connectivity index (χ1n) is 3.82. The van der Waals surface area contributed by atoms with Gasteiger partial charge in [0.15, 0.2) is 0 Å². The standard InChI is InChI=1S/C8H17NO/c1-5-10-9-8(4)6-7(2)3/h7H,5-6H2,1-4H3/b9-8+. The van der Waals surface area contributed by atoms with Crippen LogP contribution in [0.1, 0.15) is 34.1 Å². The maximum Gasteiger partial charge on any atom is 0.114 e. The summed E-state index contributed by atoms with van der Waals surface area (Å²) < 4.78 is 0. The Balaban J connectivity index is 3.49. The van der Waals surface area contributed by atoms with E-state index >= 15 is 0 Å². The zero-order chi connectivity index (χ0) is 7.98. The van der Waals surface area contributed by atoms with Crippen molar-refractivity contribution in [2.75, 3.05) is 6.61 Å². The Morgan fingerprint density at radius 3 is 2.50 bits per heavy atom. The van der Waals surface area contributed by atoms with Gasteiger partial charge in [0.05, 0.1) is 5.71 Å². The minimum absolute atomic E-state index is 0.662. The molecule has 0 unspecified atom stereocenters. The van der Waals surface area contributed by atoms with Gasteiger partial charge in [-0.3, -0.25) is 0 Å². The van der Waals surface area contributed by atoms with Crippen LogP contribution in [-0.4, -0.2) is 12.3 Å². The average Bonchev–Trinajstić information content (AvgIpc) is 1.82. The minimum Gasteiger partial charge on any atom is -0.396 e. The van der Waals surface area contributed by atoms with Gasteiger partial charge in [-0.2, -0.15) is 0 Å². The molecular formula is C8H17NO. The fourth-order valence-electron chi connectivity index (χ4n) is 0.803. The van der Waals surface area contributed by atoms with Gasteiger partial charge in [-0.25, -0.2) is 0 Å². The molecule has 0 fully saturated rings. The molecule has 0 aliphatic carbocycles. The molecule has 0 saturated heterocycles. The molecule has 10 heavy (non-hydrogen) atoms. The Hall–Kier alpha value is -0.530. The van der Waals surface area contributed by atoms with Crippen molar-refractivity contribution in [1.29, 1.82) is 0 Å². The lowest BCUT2D eigenvalue weighted by Gasteiger charge is -2.02. The van der Waals surface area contributed by atoms with Crippen molar-refractivity contribution in [3.05, 3.63) is 0 Å². The fourth-order valence-corrected chi connectivity index (χ4v) is 0.803. The predicted molar refractivity (Wildman–Crippen MR) is 44.2 cm³/mol. The second kappa shape index (κ2) is 5.27. The van der Waals surface area contributed by atoms with Crippen LogP contribution in [0.25, 0.3) is 0 Å². The molecule has 0 atom stereocenters. The Morgan fingerprint density at radius 1 is 1.50 bits per heavy atom. The molecule has 0 aromatic carbocycles. The van der Waals surface area contributed by atoms with Crippen molar-refractivity contribution < 1.29 is 4.84 Å². The Labute approximate surface area is 63.3 Å². The summed E-state index contributed by atoms with van der Waals surface area (Å²) in [6.07, 6.45) is 1.03. The van der Waals surface area contributed by atoms with Crippen LogP contribution < -0.4 is 0 Å². The molecule has 0 rings (SSSR count). The van der Waals surface area contributed by atoms with Gasteiger partial charge in [0.2, 0.25) is 0 Å². The second-order valence-electron chi connectivity index (χ2n) is 2.84. The summed E-state index contributed by atoms with van der Waals surface area (Å²) in [4.78, 5) is 4.88. The molecule has 0 saturated carbocycles. The predicted octanol–water partition coefficient (Wildman–Crippen LogP) is 2.44. The summed E-state index contributed by atoms with van der Waals surface area (Å²) in [5.41, 5.74) is 1.08. The molecule has 0 N–H and O–H groups in total. The highest BCUT2D eigenvalue weighted by Crippen LogP contribution is 2.00. The summed E-state index contributed by atoms with van der Waals surface area (Å²) in [5, 5.41) is 3.90. The molecule has 0 heterocycles. The van der Waals surface area contributed by atoms with Gasteiger partial charge < -0.3 is 4.84 Å². The van der Waals surface area contributed by atoms with Crippen molar-refractivity contribution in [1.82, 2.24) is 0 Å².